The molecule has 1 aliphatic heterocycles. The molecule has 1 heterocycles. The number of amides is 1. The van der Waals surface area contributed by atoms with Gasteiger partial charge in [0, 0.05) is 0 Å². The number of nitrogens with one attached hydrogen (secondary N) is 1. The Morgan fingerprint density at radius 3 is 2.63 bits per heavy atom. The zero-order valence-electron chi connectivity index (χ0n) is 17.4. The highest BCUT2D eigenvalue weighted by Gasteiger charge is 2.32. The van der Waals surface area contributed by atoms with Gasteiger partial charge in [0.05, 0.1) is 25.6 Å². The van der Waals surface area contributed by atoms with Crippen LogP contribution in [0.3, 0.4) is 0 Å². The highest BCUT2D eigenvalue weighted by atomic mass is 32.2. The fourth-order valence-electron chi connectivity index (χ4n) is 3.28. The lowest BCUT2D eigenvalue weighted by Gasteiger charge is -2.31. The summed E-state index contributed by atoms with van der Waals surface area (Å²) < 4.78 is 43.0. The fraction of sp³-hybridized carbons (Fsp3) is 0.381. The van der Waals surface area contributed by atoms with E-state index in [-0.39, 0.29) is 19.3 Å². The molecule has 3 rings (SSSR count). The van der Waals surface area contributed by atoms with Gasteiger partial charge in [0.1, 0.15) is 24.5 Å². The number of aryl methyl sites for hydroxylation is 1. The number of sulfonamides is 1. The molecule has 0 saturated carbocycles. The maximum atomic E-state index is 12.8. The molecule has 0 aliphatic carbocycles. The predicted molar refractivity (Wildman–Crippen MR) is 114 cm³/mol. The van der Waals surface area contributed by atoms with E-state index in [0.717, 1.165) is 16.1 Å². The molecule has 2 aromatic carbocycles. The lowest BCUT2D eigenvalue weighted by atomic mass is 10.2. The molecule has 9 heteroatoms. The Hall–Kier alpha value is -2.94. The fourth-order valence-corrected chi connectivity index (χ4v) is 4.45. The zero-order valence-corrected chi connectivity index (χ0v) is 18.2. The molecule has 0 spiro atoms. The maximum Gasteiger partial charge on any atom is 0.243 e. The van der Waals surface area contributed by atoms with E-state index in [1.807, 2.05) is 31.2 Å². The minimum absolute atomic E-state index is 0.181. The number of fused-ring (bicyclic) bond motifs is 1. The number of carbonyl (C=O) groups excluding carboxylic acids is 1. The van der Waals surface area contributed by atoms with E-state index in [4.69, 9.17) is 14.2 Å². The van der Waals surface area contributed by atoms with Gasteiger partial charge in [0.25, 0.3) is 0 Å². The molecule has 30 heavy (non-hydrogen) atoms. The lowest BCUT2D eigenvalue weighted by Crippen LogP contribution is -2.50. The number of nitrogens with zero attached hydrogens (tertiary/aromatic N) is 1. The first-order valence-electron chi connectivity index (χ1n) is 9.51. The summed E-state index contributed by atoms with van der Waals surface area (Å²) in [5.41, 5.74) is 1.16. The third-order valence-corrected chi connectivity index (χ3v) is 5.96. The molecule has 0 saturated heterocycles. The zero-order chi connectivity index (χ0) is 21.9. The van der Waals surface area contributed by atoms with Gasteiger partial charge in [0.15, 0.2) is 11.5 Å². The molecule has 0 radical (unpaired) electrons. The van der Waals surface area contributed by atoms with Crippen LogP contribution in [0.4, 0.5) is 5.69 Å². The summed E-state index contributed by atoms with van der Waals surface area (Å²) in [6.45, 7) is 3.84. The van der Waals surface area contributed by atoms with Gasteiger partial charge in [-0.05, 0) is 43.7 Å². The van der Waals surface area contributed by atoms with E-state index >= 15 is 0 Å². The Morgan fingerprint density at radius 2 is 1.97 bits per heavy atom. The first-order valence-corrected chi connectivity index (χ1v) is 11.4. The predicted octanol–water partition coefficient (Wildman–Crippen LogP) is 2.11. The quantitative estimate of drug-likeness (QED) is 0.717. The van der Waals surface area contributed by atoms with E-state index in [2.05, 4.69) is 5.32 Å². The average Bonchev–Trinajstić information content (AvgIpc) is 2.71. The summed E-state index contributed by atoms with van der Waals surface area (Å²) in [6.07, 6.45) is 0.685. The second-order valence-electron chi connectivity index (χ2n) is 7.15. The van der Waals surface area contributed by atoms with Gasteiger partial charge in [-0.1, -0.05) is 18.2 Å². The van der Waals surface area contributed by atoms with Crippen LogP contribution in [0, 0.1) is 6.92 Å². The number of ether oxygens (including phenoxy) is 3. The summed E-state index contributed by atoms with van der Waals surface area (Å²) in [7, 11) is -2.30. The van der Waals surface area contributed by atoms with Crippen molar-refractivity contribution in [1.29, 1.82) is 0 Å². The van der Waals surface area contributed by atoms with Gasteiger partial charge >= 0.3 is 0 Å². The highest BCUT2D eigenvalue weighted by molar-refractivity contribution is 7.92. The minimum Gasteiger partial charge on any atom is -0.495 e. The number of para-hydroxylation sites is 2. The molecule has 0 aromatic heterocycles. The van der Waals surface area contributed by atoms with Crippen LogP contribution in [-0.4, -0.2) is 53.0 Å². The number of hydrogen-bond donors (Lipinski definition) is 1. The van der Waals surface area contributed by atoms with Crippen molar-refractivity contribution in [3.63, 3.8) is 0 Å². The number of hydrogen-bond acceptors (Lipinski definition) is 6. The largest absolute Gasteiger partial charge is 0.495 e. The topological polar surface area (TPSA) is 94.2 Å². The first-order chi connectivity index (χ1) is 14.2. The third-order valence-electron chi connectivity index (χ3n) is 4.73. The van der Waals surface area contributed by atoms with Crippen molar-refractivity contribution in [2.75, 3.05) is 30.8 Å². The van der Waals surface area contributed by atoms with Crippen molar-refractivity contribution in [3.8, 4) is 17.2 Å². The van der Waals surface area contributed by atoms with E-state index in [9.17, 15) is 13.2 Å². The van der Waals surface area contributed by atoms with Crippen molar-refractivity contribution >= 4 is 21.6 Å². The second kappa shape index (κ2) is 8.83. The monoisotopic (exact) mass is 434 g/mol. The summed E-state index contributed by atoms with van der Waals surface area (Å²) in [5, 5.41) is 2.77. The summed E-state index contributed by atoms with van der Waals surface area (Å²) in [6, 6.07) is 11.5. The van der Waals surface area contributed by atoms with E-state index < -0.39 is 22.0 Å². The van der Waals surface area contributed by atoms with Crippen LogP contribution in [0.5, 0.6) is 17.2 Å². The molecule has 162 valence electrons. The van der Waals surface area contributed by atoms with Crippen molar-refractivity contribution < 1.29 is 27.4 Å². The van der Waals surface area contributed by atoms with Crippen molar-refractivity contribution in [1.82, 2.24) is 5.32 Å². The SMILES string of the molecule is COc1ccc(C)cc1N([C@@H](C)C(=O)NC[C@H]1COc2ccccc2O1)S(C)(=O)=O. The highest BCUT2D eigenvalue weighted by Crippen LogP contribution is 2.33. The van der Waals surface area contributed by atoms with Gasteiger partial charge in [-0.15, -0.1) is 0 Å². The van der Waals surface area contributed by atoms with Gasteiger partial charge in [-0.25, -0.2) is 8.42 Å². The molecule has 0 fully saturated rings. The Labute approximate surface area is 176 Å². The Morgan fingerprint density at radius 1 is 1.27 bits per heavy atom. The smallest absolute Gasteiger partial charge is 0.243 e. The number of rotatable bonds is 7. The lowest BCUT2D eigenvalue weighted by molar-refractivity contribution is -0.122. The number of methoxy groups -OCH3 is 1. The van der Waals surface area contributed by atoms with Crippen LogP contribution < -0.4 is 23.8 Å². The molecule has 2 atom stereocenters. The average molecular weight is 435 g/mol. The third kappa shape index (κ3) is 4.79. The Bertz CT molecular complexity index is 1020. The van der Waals surface area contributed by atoms with Crippen molar-refractivity contribution in [3.05, 3.63) is 48.0 Å². The first kappa shape index (κ1) is 21.8. The standard InChI is InChI=1S/C21H26N2O6S/c1-14-9-10-18(27-3)17(11-14)23(30(4,25)26)15(2)21(24)22-12-16-13-28-19-7-5-6-8-20(19)29-16/h5-11,15-16H,12-13H2,1-4H3,(H,22,24)/t15-,16-/m0/s1. The van der Waals surface area contributed by atoms with Crippen molar-refractivity contribution in [2.24, 2.45) is 0 Å². The normalized spacial score (nSPS) is 16.5. The molecular formula is C21H26N2O6S. The van der Waals surface area contributed by atoms with E-state index in [1.165, 1.54) is 14.0 Å². The van der Waals surface area contributed by atoms with E-state index in [1.54, 1.807) is 18.2 Å². The molecular weight excluding hydrogens is 408 g/mol. The van der Waals surface area contributed by atoms with Crippen LogP contribution in [0.25, 0.3) is 0 Å². The molecule has 0 unspecified atom stereocenters. The summed E-state index contributed by atoms with van der Waals surface area (Å²) >= 11 is 0. The van der Waals surface area contributed by atoms with Crippen LogP contribution in [0.1, 0.15) is 12.5 Å². The Kier molecular flexibility index (Phi) is 6.40. The van der Waals surface area contributed by atoms with Gasteiger partial charge in [-0.2, -0.15) is 0 Å². The molecule has 2 aromatic rings. The summed E-state index contributed by atoms with van der Waals surface area (Å²) in [4.78, 5) is 12.8. The second-order valence-corrected chi connectivity index (χ2v) is 9.01. The maximum absolute atomic E-state index is 12.8. The van der Waals surface area contributed by atoms with Gasteiger partial charge in [-0.3, -0.25) is 9.10 Å². The van der Waals surface area contributed by atoms with Gasteiger partial charge < -0.3 is 19.5 Å². The van der Waals surface area contributed by atoms with Crippen LogP contribution in [0.2, 0.25) is 0 Å². The van der Waals surface area contributed by atoms with E-state index in [0.29, 0.717) is 22.9 Å². The molecule has 0 bridgehead atoms. The minimum atomic E-state index is -3.76. The molecule has 1 N–H and O–H groups in total. The number of carbonyl (C=O) groups is 1. The summed E-state index contributed by atoms with van der Waals surface area (Å²) in [5.74, 6) is 1.18. The van der Waals surface area contributed by atoms with Crippen LogP contribution >= 0.6 is 0 Å². The Balaban J connectivity index is 1.74. The molecule has 1 aliphatic rings. The molecule has 1 amide bonds. The molecule has 8 nitrogen and oxygen atoms in total. The van der Waals surface area contributed by atoms with Gasteiger partial charge in [0.2, 0.25) is 15.9 Å². The van der Waals surface area contributed by atoms with Crippen LogP contribution in [-0.2, 0) is 14.8 Å². The number of anilines is 1. The number of benzene rings is 2. The van der Waals surface area contributed by atoms with Crippen LogP contribution in [0.15, 0.2) is 42.5 Å². The van der Waals surface area contributed by atoms with Crippen molar-refractivity contribution in [2.45, 2.75) is 26.0 Å².